The van der Waals surface area contributed by atoms with Crippen LogP contribution in [0.5, 0.6) is 0 Å². The van der Waals surface area contributed by atoms with Crippen molar-refractivity contribution in [1.29, 1.82) is 0 Å². The molecule has 0 fully saturated rings. The van der Waals surface area contributed by atoms with Gasteiger partial charge in [-0.2, -0.15) is 0 Å². The molecular formula is C18H21ClN2O5S2. The first-order valence-electron chi connectivity index (χ1n) is 8.42. The Morgan fingerprint density at radius 3 is 2.43 bits per heavy atom. The number of anilines is 1. The van der Waals surface area contributed by atoms with Gasteiger partial charge in [-0.05, 0) is 42.8 Å². The SMILES string of the molecule is CCS(=O)(=O)CCNC(=O)c1cc(S(=O)(=O)Nc2cccc(C)c2)ccc1Cl. The fourth-order valence-corrected chi connectivity index (χ4v) is 4.31. The summed E-state index contributed by atoms with van der Waals surface area (Å²) in [5, 5.41) is 2.51. The summed E-state index contributed by atoms with van der Waals surface area (Å²) < 4.78 is 50.7. The maximum Gasteiger partial charge on any atom is 0.261 e. The Hall–Kier alpha value is -2.10. The van der Waals surface area contributed by atoms with E-state index in [2.05, 4.69) is 10.0 Å². The largest absolute Gasteiger partial charge is 0.351 e. The van der Waals surface area contributed by atoms with Crippen LogP contribution in [0, 0.1) is 6.92 Å². The van der Waals surface area contributed by atoms with Crippen LogP contribution < -0.4 is 10.0 Å². The van der Waals surface area contributed by atoms with Gasteiger partial charge in [0, 0.05) is 18.0 Å². The van der Waals surface area contributed by atoms with Crippen molar-refractivity contribution in [3.63, 3.8) is 0 Å². The number of rotatable bonds is 8. The summed E-state index contributed by atoms with van der Waals surface area (Å²) in [6.07, 6.45) is 0. The summed E-state index contributed by atoms with van der Waals surface area (Å²) in [4.78, 5) is 12.2. The molecule has 1 amide bonds. The van der Waals surface area contributed by atoms with Crippen LogP contribution in [0.15, 0.2) is 47.4 Å². The summed E-state index contributed by atoms with van der Waals surface area (Å²) in [7, 11) is -7.17. The van der Waals surface area contributed by atoms with E-state index < -0.39 is 25.8 Å². The van der Waals surface area contributed by atoms with E-state index >= 15 is 0 Å². The minimum atomic E-state index is -3.94. The minimum absolute atomic E-state index is 0.0258. The monoisotopic (exact) mass is 444 g/mol. The van der Waals surface area contributed by atoms with Crippen molar-refractivity contribution in [2.75, 3.05) is 22.8 Å². The molecule has 2 N–H and O–H groups in total. The zero-order valence-electron chi connectivity index (χ0n) is 15.4. The molecule has 2 rings (SSSR count). The predicted octanol–water partition coefficient (Wildman–Crippen LogP) is 2.61. The van der Waals surface area contributed by atoms with Gasteiger partial charge in [0.1, 0.15) is 0 Å². The molecule has 0 aliphatic rings. The number of hydrogen-bond acceptors (Lipinski definition) is 5. The zero-order chi connectivity index (χ0) is 20.9. The number of nitrogens with one attached hydrogen (secondary N) is 2. The van der Waals surface area contributed by atoms with Gasteiger partial charge in [0.15, 0.2) is 9.84 Å². The van der Waals surface area contributed by atoms with Crippen molar-refractivity contribution in [2.45, 2.75) is 18.7 Å². The first-order chi connectivity index (χ1) is 13.0. The Balaban J connectivity index is 2.20. The Bertz CT molecular complexity index is 1080. The lowest BCUT2D eigenvalue weighted by atomic mass is 10.2. The smallest absolute Gasteiger partial charge is 0.261 e. The van der Waals surface area contributed by atoms with E-state index in [4.69, 9.17) is 11.6 Å². The maximum absolute atomic E-state index is 12.6. The van der Waals surface area contributed by atoms with Crippen molar-refractivity contribution in [3.8, 4) is 0 Å². The first-order valence-corrected chi connectivity index (χ1v) is 12.1. The van der Waals surface area contributed by atoms with Crippen LogP contribution in [0.1, 0.15) is 22.8 Å². The van der Waals surface area contributed by atoms with Gasteiger partial charge in [-0.25, -0.2) is 16.8 Å². The molecule has 0 bridgehead atoms. The van der Waals surface area contributed by atoms with Crippen LogP contribution >= 0.6 is 11.6 Å². The normalized spacial score (nSPS) is 11.8. The van der Waals surface area contributed by atoms with Crippen LogP contribution in [0.2, 0.25) is 5.02 Å². The van der Waals surface area contributed by atoms with E-state index in [0.717, 1.165) is 11.6 Å². The highest BCUT2D eigenvalue weighted by molar-refractivity contribution is 7.92. The molecule has 2 aromatic rings. The van der Waals surface area contributed by atoms with E-state index in [1.807, 2.05) is 13.0 Å². The third kappa shape index (κ3) is 5.95. The van der Waals surface area contributed by atoms with Gasteiger partial charge in [0.05, 0.1) is 21.2 Å². The van der Waals surface area contributed by atoms with Crippen molar-refractivity contribution >= 4 is 43.1 Å². The lowest BCUT2D eigenvalue weighted by Crippen LogP contribution is -2.30. The molecule has 0 spiro atoms. The van der Waals surface area contributed by atoms with Crippen LogP contribution in [-0.2, 0) is 19.9 Å². The highest BCUT2D eigenvalue weighted by Gasteiger charge is 2.19. The number of aryl methyl sites for hydroxylation is 1. The number of carbonyl (C=O) groups is 1. The Morgan fingerprint density at radius 1 is 1.07 bits per heavy atom. The second kappa shape index (κ2) is 8.93. The molecule has 0 aliphatic carbocycles. The van der Waals surface area contributed by atoms with Gasteiger partial charge < -0.3 is 5.32 Å². The van der Waals surface area contributed by atoms with E-state index in [1.165, 1.54) is 19.1 Å². The lowest BCUT2D eigenvalue weighted by molar-refractivity contribution is 0.0956. The van der Waals surface area contributed by atoms with Crippen molar-refractivity contribution in [1.82, 2.24) is 5.32 Å². The maximum atomic E-state index is 12.6. The highest BCUT2D eigenvalue weighted by atomic mass is 35.5. The topological polar surface area (TPSA) is 109 Å². The number of hydrogen-bond donors (Lipinski definition) is 2. The summed E-state index contributed by atoms with van der Waals surface area (Å²) in [6, 6.07) is 10.6. The van der Waals surface area contributed by atoms with Gasteiger partial charge in [-0.3, -0.25) is 9.52 Å². The highest BCUT2D eigenvalue weighted by Crippen LogP contribution is 2.23. The van der Waals surface area contributed by atoms with Crippen LogP contribution in [0.4, 0.5) is 5.69 Å². The molecule has 28 heavy (non-hydrogen) atoms. The van der Waals surface area contributed by atoms with Crippen LogP contribution in [0.25, 0.3) is 0 Å². The average Bonchev–Trinajstić information content (AvgIpc) is 2.61. The molecule has 7 nitrogen and oxygen atoms in total. The van der Waals surface area contributed by atoms with Crippen LogP contribution in [0.3, 0.4) is 0 Å². The lowest BCUT2D eigenvalue weighted by Gasteiger charge is -2.11. The summed E-state index contributed by atoms with van der Waals surface area (Å²) >= 11 is 6.02. The van der Waals surface area contributed by atoms with E-state index in [9.17, 15) is 21.6 Å². The van der Waals surface area contributed by atoms with E-state index in [-0.39, 0.29) is 33.5 Å². The fourth-order valence-electron chi connectivity index (χ4n) is 2.33. The molecule has 0 aromatic heterocycles. The van der Waals surface area contributed by atoms with Gasteiger partial charge in [0.2, 0.25) is 0 Å². The second-order valence-corrected chi connectivity index (χ2v) is 10.7. The zero-order valence-corrected chi connectivity index (χ0v) is 17.8. The fraction of sp³-hybridized carbons (Fsp3) is 0.278. The molecule has 0 saturated carbocycles. The molecule has 10 heteroatoms. The summed E-state index contributed by atoms with van der Waals surface area (Å²) in [6.45, 7) is 3.26. The minimum Gasteiger partial charge on any atom is -0.351 e. The number of halogens is 1. The molecule has 0 radical (unpaired) electrons. The Labute approximate surface area is 170 Å². The second-order valence-electron chi connectivity index (χ2n) is 6.11. The predicted molar refractivity (Wildman–Crippen MR) is 110 cm³/mol. The number of carbonyl (C=O) groups excluding carboxylic acids is 1. The van der Waals surface area contributed by atoms with Gasteiger partial charge in [-0.15, -0.1) is 0 Å². The molecule has 2 aromatic carbocycles. The average molecular weight is 445 g/mol. The molecule has 0 unspecified atom stereocenters. The number of sulfonamides is 1. The Kier molecular flexibility index (Phi) is 7.08. The number of amides is 1. The van der Waals surface area contributed by atoms with Gasteiger partial charge in [-0.1, -0.05) is 30.7 Å². The van der Waals surface area contributed by atoms with Crippen molar-refractivity contribution in [2.24, 2.45) is 0 Å². The van der Waals surface area contributed by atoms with Crippen LogP contribution in [-0.4, -0.2) is 40.8 Å². The summed E-state index contributed by atoms with van der Waals surface area (Å²) in [5.74, 6) is -0.884. The molecule has 0 atom stereocenters. The number of benzene rings is 2. The van der Waals surface area contributed by atoms with Gasteiger partial charge in [0.25, 0.3) is 15.9 Å². The van der Waals surface area contributed by atoms with E-state index in [1.54, 1.807) is 18.2 Å². The first kappa shape index (κ1) is 22.2. The molecule has 0 aliphatic heterocycles. The number of sulfone groups is 1. The third-order valence-electron chi connectivity index (χ3n) is 3.90. The van der Waals surface area contributed by atoms with Crippen molar-refractivity contribution in [3.05, 3.63) is 58.6 Å². The third-order valence-corrected chi connectivity index (χ3v) is 7.32. The molecule has 0 saturated heterocycles. The van der Waals surface area contributed by atoms with E-state index in [0.29, 0.717) is 5.69 Å². The standard InChI is InChI=1S/C18H21ClN2O5S2/c1-3-27(23,24)10-9-20-18(22)16-12-15(7-8-17(16)19)28(25,26)21-14-6-4-5-13(2)11-14/h4-8,11-12,21H,3,9-10H2,1-2H3,(H,20,22). The van der Waals surface area contributed by atoms with Gasteiger partial charge >= 0.3 is 0 Å². The van der Waals surface area contributed by atoms with Crippen molar-refractivity contribution < 1.29 is 21.6 Å². The molecule has 152 valence electrons. The molecular weight excluding hydrogens is 424 g/mol. The summed E-state index contributed by atoms with van der Waals surface area (Å²) in [5.41, 5.74) is 1.23. The quantitative estimate of drug-likeness (QED) is 0.650. The Morgan fingerprint density at radius 2 is 1.79 bits per heavy atom. The molecule has 0 heterocycles.